The lowest BCUT2D eigenvalue weighted by Crippen LogP contribution is -2.43. The highest BCUT2D eigenvalue weighted by atomic mass is 16.2. The SMILES string of the molecule is CCCN(CCC)[C@H]1CC[C@@H](NCc2ccc(C(=O)N(Cc3ncc[nH]3)Cc3ncc[nH]3)cc2)CC1. The Bertz CT molecular complexity index is 967. The number of rotatable bonds is 13. The topological polar surface area (TPSA) is 92.9 Å². The summed E-state index contributed by atoms with van der Waals surface area (Å²) in [5.41, 5.74) is 1.88. The Balaban J connectivity index is 1.29. The lowest BCUT2D eigenvalue weighted by atomic mass is 9.89. The van der Waals surface area contributed by atoms with Gasteiger partial charge in [-0.1, -0.05) is 26.0 Å². The average Bonchev–Trinajstić information content (AvgIpc) is 3.62. The molecule has 0 bridgehead atoms. The maximum atomic E-state index is 13.3. The van der Waals surface area contributed by atoms with E-state index in [9.17, 15) is 4.79 Å². The second-order valence-electron chi connectivity index (χ2n) is 9.85. The molecular weight excluding hydrogens is 450 g/mol. The zero-order chi connectivity index (χ0) is 25.2. The highest BCUT2D eigenvalue weighted by molar-refractivity contribution is 5.94. The highest BCUT2D eigenvalue weighted by Crippen LogP contribution is 2.24. The van der Waals surface area contributed by atoms with Gasteiger partial charge in [-0.05, 0) is 69.3 Å². The number of benzene rings is 1. The molecule has 0 saturated heterocycles. The molecule has 1 amide bonds. The van der Waals surface area contributed by atoms with E-state index in [4.69, 9.17) is 0 Å². The zero-order valence-corrected chi connectivity index (χ0v) is 21.7. The second kappa shape index (κ2) is 13.4. The number of aromatic amines is 2. The molecule has 36 heavy (non-hydrogen) atoms. The summed E-state index contributed by atoms with van der Waals surface area (Å²) in [6, 6.07) is 9.31. The summed E-state index contributed by atoms with van der Waals surface area (Å²) >= 11 is 0. The van der Waals surface area contributed by atoms with Crippen molar-refractivity contribution in [3.63, 3.8) is 0 Å². The average molecular weight is 492 g/mol. The number of aromatic nitrogens is 4. The third-order valence-electron chi connectivity index (χ3n) is 7.11. The number of nitrogens with zero attached hydrogens (tertiary/aromatic N) is 4. The summed E-state index contributed by atoms with van der Waals surface area (Å²) < 4.78 is 0. The Morgan fingerprint density at radius 2 is 1.50 bits per heavy atom. The van der Waals surface area contributed by atoms with Crippen LogP contribution >= 0.6 is 0 Å². The molecule has 1 fully saturated rings. The number of amides is 1. The lowest BCUT2D eigenvalue weighted by Gasteiger charge is -2.37. The molecular formula is C28H41N7O. The van der Waals surface area contributed by atoms with Crippen LogP contribution in [0.15, 0.2) is 49.1 Å². The number of H-pyrrole nitrogens is 2. The summed E-state index contributed by atoms with van der Waals surface area (Å²) in [6.45, 7) is 8.64. The van der Waals surface area contributed by atoms with E-state index in [0.29, 0.717) is 24.7 Å². The standard InChI is InChI=1S/C28H41N7O/c1-3-17-34(18-4-2)25-11-9-24(10-12-25)33-19-22-5-7-23(8-6-22)28(36)35(20-26-29-13-14-30-26)21-27-31-15-16-32-27/h5-8,13-16,24-25,33H,3-4,9-12,17-21H2,1-2H3,(H,29,30)(H,31,32)/t24-,25+. The van der Waals surface area contributed by atoms with Gasteiger partial charge in [-0.2, -0.15) is 0 Å². The maximum Gasteiger partial charge on any atom is 0.254 e. The Hall–Kier alpha value is -2.97. The van der Waals surface area contributed by atoms with Crippen LogP contribution in [0.3, 0.4) is 0 Å². The molecule has 0 atom stereocenters. The van der Waals surface area contributed by atoms with Gasteiger partial charge in [0.1, 0.15) is 11.6 Å². The Labute approximate surface area is 214 Å². The molecule has 1 aliphatic rings. The van der Waals surface area contributed by atoms with Crippen LogP contribution in [0.2, 0.25) is 0 Å². The van der Waals surface area contributed by atoms with E-state index in [2.05, 4.69) is 56.1 Å². The molecule has 1 aliphatic carbocycles. The number of nitrogens with one attached hydrogen (secondary N) is 3. The third-order valence-corrected chi connectivity index (χ3v) is 7.11. The zero-order valence-electron chi connectivity index (χ0n) is 21.7. The van der Waals surface area contributed by atoms with E-state index in [1.807, 2.05) is 12.1 Å². The second-order valence-corrected chi connectivity index (χ2v) is 9.85. The molecule has 0 unspecified atom stereocenters. The van der Waals surface area contributed by atoms with Crippen LogP contribution in [-0.2, 0) is 19.6 Å². The van der Waals surface area contributed by atoms with Gasteiger partial charge in [0.2, 0.25) is 0 Å². The van der Waals surface area contributed by atoms with Crippen LogP contribution in [0.4, 0.5) is 0 Å². The fourth-order valence-electron chi connectivity index (χ4n) is 5.24. The van der Waals surface area contributed by atoms with Crippen LogP contribution < -0.4 is 5.32 Å². The molecule has 1 saturated carbocycles. The van der Waals surface area contributed by atoms with Gasteiger partial charge in [0.05, 0.1) is 13.1 Å². The molecule has 3 N–H and O–H groups in total. The molecule has 8 heteroatoms. The van der Waals surface area contributed by atoms with E-state index >= 15 is 0 Å². The fraction of sp³-hybridized carbons (Fsp3) is 0.536. The molecule has 0 aliphatic heterocycles. The van der Waals surface area contributed by atoms with Crippen molar-refractivity contribution in [2.45, 2.75) is 84.1 Å². The van der Waals surface area contributed by atoms with Crippen molar-refractivity contribution in [3.05, 3.63) is 71.8 Å². The van der Waals surface area contributed by atoms with Crippen molar-refractivity contribution in [2.24, 2.45) is 0 Å². The van der Waals surface area contributed by atoms with Crippen LogP contribution in [0, 0.1) is 0 Å². The van der Waals surface area contributed by atoms with Crippen molar-refractivity contribution in [2.75, 3.05) is 13.1 Å². The van der Waals surface area contributed by atoms with Crippen molar-refractivity contribution in [1.82, 2.24) is 35.1 Å². The lowest BCUT2D eigenvalue weighted by molar-refractivity contribution is 0.0721. The first-order valence-corrected chi connectivity index (χ1v) is 13.5. The van der Waals surface area contributed by atoms with Gasteiger partial charge in [-0.3, -0.25) is 4.79 Å². The maximum absolute atomic E-state index is 13.3. The van der Waals surface area contributed by atoms with Crippen LogP contribution in [0.5, 0.6) is 0 Å². The number of imidazole rings is 2. The largest absolute Gasteiger partial charge is 0.347 e. The van der Waals surface area contributed by atoms with E-state index in [1.165, 1.54) is 57.2 Å². The summed E-state index contributed by atoms with van der Waals surface area (Å²) in [7, 11) is 0. The molecule has 1 aromatic carbocycles. The Morgan fingerprint density at radius 3 is 2.00 bits per heavy atom. The molecule has 2 aromatic heterocycles. The van der Waals surface area contributed by atoms with Gasteiger partial charge in [0.25, 0.3) is 5.91 Å². The first-order valence-electron chi connectivity index (χ1n) is 13.5. The minimum Gasteiger partial charge on any atom is -0.347 e. The first-order chi connectivity index (χ1) is 17.7. The summed E-state index contributed by atoms with van der Waals surface area (Å²) in [5.74, 6) is 1.46. The Kier molecular flexibility index (Phi) is 9.69. The van der Waals surface area contributed by atoms with Crippen LogP contribution in [0.25, 0.3) is 0 Å². The Morgan fingerprint density at radius 1 is 0.917 bits per heavy atom. The first kappa shape index (κ1) is 26.1. The van der Waals surface area contributed by atoms with Gasteiger partial charge < -0.3 is 25.1 Å². The van der Waals surface area contributed by atoms with Crippen molar-refractivity contribution < 1.29 is 4.79 Å². The van der Waals surface area contributed by atoms with Crippen molar-refractivity contribution in [3.8, 4) is 0 Å². The summed E-state index contributed by atoms with van der Waals surface area (Å²) in [5, 5.41) is 3.75. The number of hydrogen-bond donors (Lipinski definition) is 3. The number of carbonyl (C=O) groups is 1. The summed E-state index contributed by atoms with van der Waals surface area (Å²) in [4.78, 5) is 32.5. The minimum atomic E-state index is -0.0376. The smallest absolute Gasteiger partial charge is 0.254 e. The normalized spacial score (nSPS) is 18.0. The molecule has 0 radical (unpaired) electrons. The number of carbonyl (C=O) groups excluding carboxylic acids is 1. The van der Waals surface area contributed by atoms with Gasteiger partial charge in [-0.15, -0.1) is 0 Å². The predicted octanol–water partition coefficient (Wildman–Crippen LogP) is 4.50. The molecule has 0 spiro atoms. The molecule has 4 rings (SSSR count). The van der Waals surface area contributed by atoms with E-state index in [1.54, 1.807) is 29.7 Å². The molecule has 8 nitrogen and oxygen atoms in total. The van der Waals surface area contributed by atoms with Crippen molar-refractivity contribution in [1.29, 1.82) is 0 Å². The minimum absolute atomic E-state index is 0.0376. The van der Waals surface area contributed by atoms with Crippen LogP contribution in [0.1, 0.15) is 79.9 Å². The van der Waals surface area contributed by atoms with Crippen LogP contribution in [-0.4, -0.2) is 60.8 Å². The quantitative estimate of drug-likeness (QED) is 0.327. The molecule has 3 aromatic rings. The molecule has 2 heterocycles. The fourth-order valence-corrected chi connectivity index (χ4v) is 5.24. The predicted molar refractivity (Wildman–Crippen MR) is 142 cm³/mol. The monoisotopic (exact) mass is 491 g/mol. The van der Waals surface area contributed by atoms with Gasteiger partial charge in [0.15, 0.2) is 0 Å². The van der Waals surface area contributed by atoms with E-state index < -0.39 is 0 Å². The van der Waals surface area contributed by atoms with Crippen molar-refractivity contribution >= 4 is 5.91 Å². The molecule has 194 valence electrons. The summed E-state index contributed by atoms with van der Waals surface area (Å²) in [6.07, 6.45) is 14.5. The highest BCUT2D eigenvalue weighted by Gasteiger charge is 2.25. The van der Waals surface area contributed by atoms with Gasteiger partial charge in [0, 0.05) is 49.0 Å². The third kappa shape index (κ3) is 7.27. The van der Waals surface area contributed by atoms with Gasteiger partial charge in [-0.25, -0.2) is 9.97 Å². The number of hydrogen-bond acceptors (Lipinski definition) is 5. The van der Waals surface area contributed by atoms with Gasteiger partial charge >= 0.3 is 0 Å². The van der Waals surface area contributed by atoms with E-state index in [-0.39, 0.29) is 5.91 Å². The van der Waals surface area contributed by atoms with E-state index in [0.717, 1.165) is 24.2 Å².